The molecule has 2 aromatic carbocycles. The van der Waals surface area contributed by atoms with Crippen molar-refractivity contribution in [2.75, 3.05) is 0 Å². The van der Waals surface area contributed by atoms with E-state index in [4.69, 9.17) is 0 Å². The van der Waals surface area contributed by atoms with Crippen LogP contribution in [0.1, 0.15) is 31.9 Å². The Hall–Kier alpha value is -2.28. The van der Waals surface area contributed by atoms with Gasteiger partial charge in [0.15, 0.2) is 0 Å². The number of benzene rings is 2. The summed E-state index contributed by atoms with van der Waals surface area (Å²) in [5.41, 5.74) is 3.57. The lowest BCUT2D eigenvalue weighted by atomic mass is 10.1. The Bertz CT molecular complexity index is 601. The lowest BCUT2D eigenvalue weighted by molar-refractivity contribution is 0.501. The zero-order valence-corrected chi connectivity index (χ0v) is 13.0. The quantitative estimate of drug-likeness (QED) is 0.764. The predicted molar refractivity (Wildman–Crippen MR) is 92.8 cm³/mol. The minimum absolute atomic E-state index is 0.0300. The predicted octanol–water partition coefficient (Wildman–Crippen LogP) is 5.13. The van der Waals surface area contributed by atoms with Crippen molar-refractivity contribution in [2.45, 2.75) is 26.3 Å². The SMILES string of the molecule is CC(C)(C)NC(=CC=Cc1ccccc1)c1ccccc1. The number of hydrogen-bond acceptors (Lipinski definition) is 1. The van der Waals surface area contributed by atoms with Gasteiger partial charge in [0, 0.05) is 11.2 Å². The number of rotatable bonds is 4. The molecule has 0 unspecified atom stereocenters. The second-order valence-corrected chi connectivity index (χ2v) is 6.09. The molecule has 0 spiro atoms. The van der Waals surface area contributed by atoms with Crippen molar-refractivity contribution in [1.82, 2.24) is 5.32 Å². The fraction of sp³-hybridized carbons (Fsp3) is 0.200. The van der Waals surface area contributed by atoms with Crippen LogP contribution in [0.2, 0.25) is 0 Å². The lowest BCUT2D eigenvalue weighted by Gasteiger charge is -2.24. The molecule has 0 amide bonds. The van der Waals surface area contributed by atoms with Crippen LogP contribution in [0.25, 0.3) is 11.8 Å². The Morgan fingerprint density at radius 2 is 1.43 bits per heavy atom. The summed E-state index contributed by atoms with van der Waals surface area (Å²) in [4.78, 5) is 0. The van der Waals surface area contributed by atoms with Crippen molar-refractivity contribution >= 4 is 11.8 Å². The summed E-state index contributed by atoms with van der Waals surface area (Å²) in [6.45, 7) is 6.51. The maximum absolute atomic E-state index is 3.57. The van der Waals surface area contributed by atoms with Crippen molar-refractivity contribution < 1.29 is 0 Å². The molecule has 0 saturated heterocycles. The van der Waals surface area contributed by atoms with Gasteiger partial charge in [0.05, 0.1) is 0 Å². The average molecular weight is 277 g/mol. The van der Waals surface area contributed by atoms with Crippen LogP contribution >= 0.6 is 0 Å². The standard InChI is InChI=1S/C20H23N/c1-20(2,3)21-19(18-14-8-5-9-15-18)16-10-13-17-11-6-4-7-12-17/h4-16,21H,1-3H3. The number of hydrogen-bond donors (Lipinski definition) is 1. The summed E-state index contributed by atoms with van der Waals surface area (Å²) in [5.74, 6) is 0. The summed E-state index contributed by atoms with van der Waals surface area (Å²) >= 11 is 0. The van der Waals surface area contributed by atoms with Crippen LogP contribution in [0.15, 0.2) is 72.8 Å². The third-order valence-electron chi connectivity index (χ3n) is 2.95. The smallest absolute Gasteiger partial charge is 0.0417 e. The van der Waals surface area contributed by atoms with Gasteiger partial charge in [0.1, 0.15) is 0 Å². The van der Waals surface area contributed by atoms with E-state index in [-0.39, 0.29) is 5.54 Å². The highest BCUT2D eigenvalue weighted by atomic mass is 15.0. The molecule has 2 aromatic rings. The van der Waals surface area contributed by atoms with Gasteiger partial charge in [-0.25, -0.2) is 0 Å². The fourth-order valence-electron chi connectivity index (χ4n) is 2.05. The van der Waals surface area contributed by atoms with Crippen LogP contribution in [0.3, 0.4) is 0 Å². The van der Waals surface area contributed by atoms with E-state index in [2.05, 4.69) is 92.8 Å². The largest absolute Gasteiger partial charge is 0.380 e. The maximum atomic E-state index is 3.57. The molecular weight excluding hydrogens is 254 g/mol. The normalized spacial score (nSPS) is 12.6. The summed E-state index contributed by atoms with van der Waals surface area (Å²) in [5, 5.41) is 3.57. The Labute approximate surface area is 128 Å². The van der Waals surface area contributed by atoms with E-state index in [0.29, 0.717) is 0 Å². The van der Waals surface area contributed by atoms with Crippen molar-refractivity contribution in [3.63, 3.8) is 0 Å². The van der Waals surface area contributed by atoms with E-state index in [0.717, 1.165) is 5.70 Å². The second kappa shape index (κ2) is 6.94. The van der Waals surface area contributed by atoms with Crippen LogP contribution in [0.4, 0.5) is 0 Å². The second-order valence-electron chi connectivity index (χ2n) is 6.09. The highest BCUT2D eigenvalue weighted by Crippen LogP contribution is 2.16. The van der Waals surface area contributed by atoms with Crippen LogP contribution in [0, 0.1) is 0 Å². The van der Waals surface area contributed by atoms with Gasteiger partial charge >= 0.3 is 0 Å². The van der Waals surface area contributed by atoms with E-state index in [1.54, 1.807) is 0 Å². The Balaban J connectivity index is 2.23. The van der Waals surface area contributed by atoms with E-state index in [9.17, 15) is 0 Å². The van der Waals surface area contributed by atoms with Crippen molar-refractivity contribution in [3.05, 3.63) is 83.9 Å². The molecule has 1 nitrogen and oxygen atoms in total. The zero-order chi connectivity index (χ0) is 15.1. The molecule has 0 aliphatic heterocycles. The summed E-state index contributed by atoms with van der Waals surface area (Å²) in [7, 11) is 0. The minimum Gasteiger partial charge on any atom is -0.380 e. The average Bonchev–Trinajstić information content (AvgIpc) is 2.47. The first-order valence-corrected chi connectivity index (χ1v) is 7.32. The molecular formula is C20H23N. The topological polar surface area (TPSA) is 12.0 Å². The molecule has 1 heteroatoms. The van der Waals surface area contributed by atoms with Crippen molar-refractivity contribution in [1.29, 1.82) is 0 Å². The van der Waals surface area contributed by atoms with Gasteiger partial charge in [-0.15, -0.1) is 0 Å². The molecule has 0 atom stereocenters. The van der Waals surface area contributed by atoms with E-state index < -0.39 is 0 Å². The van der Waals surface area contributed by atoms with Crippen LogP contribution in [0.5, 0.6) is 0 Å². The molecule has 2 rings (SSSR count). The molecule has 0 bridgehead atoms. The van der Waals surface area contributed by atoms with Gasteiger partial charge in [-0.3, -0.25) is 0 Å². The van der Waals surface area contributed by atoms with E-state index in [1.807, 2.05) is 12.1 Å². The first kappa shape index (κ1) is 15.1. The monoisotopic (exact) mass is 277 g/mol. The zero-order valence-electron chi connectivity index (χ0n) is 13.0. The summed E-state index contributed by atoms with van der Waals surface area (Å²) < 4.78 is 0. The summed E-state index contributed by atoms with van der Waals surface area (Å²) in [6.07, 6.45) is 6.34. The van der Waals surface area contributed by atoms with Crippen LogP contribution < -0.4 is 5.32 Å². The Morgan fingerprint density at radius 3 is 2.00 bits per heavy atom. The van der Waals surface area contributed by atoms with Crippen LogP contribution in [-0.4, -0.2) is 5.54 Å². The molecule has 0 aliphatic rings. The number of nitrogens with one attached hydrogen (secondary N) is 1. The highest BCUT2D eigenvalue weighted by molar-refractivity contribution is 5.67. The Morgan fingerprint density at radius 1 is 0.857 bits per heavy atom. The first-order valence-electron chi connectivity index (χ1n) is 7.32. The first-order chi connectivity index (χ1) is 10.0. The molecule has 0 saturated carbocycles. The minimum atomic E-state index is 0.0300. The van der Waals surface area contributed by atoms with Gasteiger partial charge in [0.25, 0.3) is 0 Å². The van der Waals surface area contributed by atoms with E-state index in [1.165, 1.54) is 11.1 Å². The van der Waals surface area contributed by atoms with Crippen molar-refractivity contribution in [2.24, 2.45) is 0 Å². The fourth-order valence-corrected chi connectivity index (χ4v) is 2.05. The molecule has 0 aliphatic carbocycles. The van der Waals surface area contributed by atoms with Crippen LogP contribution in [-0.2, 0) is 0 Å². The van der Waals surface area contributed by atoms with Gasteiger partial charge in [-0.2, -0.15) is 0 Å². The number of allylic oxidation sites excluding steroid dienone is 2. The third-order valence-corrected chi connectivity index (χ3v) is 2.95. The molecule has 1 N–H and O–H groups in total. The third kappa shape index (κ3) is 5.31. The molecule has 108 valence electrons. The Kier molecular flexibility index (Phi) is 4.99. The van der Waals surface area contributed by atoms with Gasteiger partial charge in [-0.1, -0.05) is 72.8 Å². The van der Waals surface area contributed by atoms with Gasteiger partial charge in [0.2, 0.25) is 0 Å². The lowest BCUT2D eigenvalue weighted by Crippen LogP contribution is -2.34. The molecule has 0 fully saturated rings. The van der Waals surface area contributed by atoms with Gasteiger partial charge < -0.3 is 5.32 Å². The molecule has 0 radical (unpaired) electrons. The molecule has 0 heterocycles. The van der Waals surface area contributed by atoms with E-state index >= 15 is 0 Å². The molecule has 0 aromatic heterocycles. The summed E-state index contributed by atoms with van der Waals surface area (Å²) in [6, 6.07) is 20.8. The maximum Gasteiger partial charge on any atom is 0.0417 e. The highest BCUT2D eigenvalue weighted by Gasteiger charge is 2.11. The molecule has 21 heavy (non-hydrogen) atoms. The van der Waals surface area contributed by atoms with Gasteiger partial charge in [-0.05, 0) is 38.0 Å². The van der Waals surface area contributed by atoms with Crippen molar-refractivity contribution in [3.8, 4) is 0 Å².